The van der Waals surface area contributed by atoms with Gasteiger partial charge in [0.15, 0.2) is 0 Å². The monoisotopic (exact) mass is 1280 g/mol. The Morgan fingerprint density at radius 3 is 1.34 bits per heavy atom. The summed E-state index contributed by atoms with van der Waals surface area (Å²) in [6, 6.07) is 51.1. The number of unbranched alkanes of at least 4 members (excludes halogenated alkanes) is 12. The fourth-order valence-electron chi connectivity index (χ4n) is 9.42. The van der Waals surface area contributed by atoms with Crippen LogP contribution in [0.4, 0.5) is 22.7 Å². The molecule has 0 aliphatic rings. The number of phenolic OH excluding ortho intramolecular Hbond substituents is 2. The van der Waals surface area contributed by atoms with E-state index >= 15 is 0 Å². The zero-order chi connectivity index (χ0) is 64.4. The number of para-hydroxylation sites is 1. The van der Waals surface area contributed by atoms with Crippen molar-refractivity contribution in [3.8, 4) is 23.0 Å². The molecule has 0 unspecified atom stereocenters. The zero-order valence-electron chi connectivity index (χ0n) is 53.4. The van der Waals surface area contributed by atoms with Crippen LogP contribution in [0.1, 0.15) is 164 Å². The molecule has 0 fully saturated rings. The van der Waals surface area contributed by atoms with E-state index in [1.807, 2.05) is 67.2 Å². The molecule has 0 spiro atoms. The molecule has 476 valence electrons. The van der Waals surface area contributed by atoms with Gasteiger partial charge in [-0.2, -0.15) is 8.42 Å². The molecule has 3 N–H and O–H groups in total. The molecule has 17 heteroatoms. The molecule has 0 saturated carbocycles. The number of hydrogen-bond donors (Lipinski definition) is 3. The number of aliphatic imine (C=N–C) groups is 4. The van der Waals surface area contributed by atoms with E-state index in [2.05, 4.69) is 120 Å². The van der Waals surface area contributed by atoms with Crippen LogP contribution < -0.4 is 39.0 Å². The maximum Gasteiger partial charge on any atom is 1.00 e. The van der Waals surface area contributed by atoms with E-state index in [1.165, 1.54) is 113 Å². The number of ether oxygens (including phenoxy) is 2. The average Bonchev–Trinajstić information content (AvgIpc) is 0.822. The van der Waals surface area contributed by atoms with Gasteiger partial charge in [0, 0.05) is 35.8 Å². The number of fused-ring (bicyclic) bond motifs is 1. The van der Waals surface area contributed by atoms with Gasteiger partial charge in [-0.3, -0.25) is 24.5 Å². The number of aromatic hydroxyl groups is 2. The molecule has 0 radical (unpaired) electrons. The molecule has 0 aliphatic carbocycles. The van der Waals surface area contributed by atoms with Crippen LogP contribution in [0.15, 0.2) is 200 Å². The van der Waals surface area contributed by atoms with Gasteiger partial charge in [-0.05, 0) is 175 Å². The van der Waals surface area contributed by atoms with Crippen LogP contribution in [-0.4, -0.2) is 74.2 Å². The minimum absolute atomic E-state index is 0. The molecule has 0 aliphatic heterocycles. The summed E-state index contributed by atoms with van der Waals surface area (Å²) < 4.78 is 77.7. The number of nitrogens with zero attached hydrogens (tertiary/aromatic N) is 4. The Kier molecular flexibility index (Phi) is 33.2. The van der Waals surface area contributed by atoms with Crippen LogP contribution in [-0.2, 0) is 33.1 Å². The fraction of sp³-hybridized carbons (Fsp3) is 0.324. The maximum absolute atomic E-state index is 11.5. The smallest absolute Gasteiger partial charge is 0.744 e. The summed E-state index contributed by atoms with van der Waals surface area (Å²) in [5.74, 6) is 1.11. The van der Waals surface area contributed by atoms with E-state index < -0.39 is 35.8 Å². The quantitative estimate of drug-likeness (QED) is 0.0157. The van der Waals surface area contributed by atoms with E-state index in [1.54, 1.807) is 12.1 Å². The van der Waals surface area contributed by atoms with Crippen LogP contribution in [0, 0.1) is 0 Å². The summed E-state index contributed by atoms with van der Waals surface area (Å²) in [4.78, 5) is 16.4. The Hall–Kier alpha value is -7.28. The third kappa shape index (κ3) is 27.6. The minimum atomic E-state index is -4.93. The Morgan fingerprint density at radius 1 is 0.429 bits per heavy atom. The molecule has 0 bridgehead atoms. The third-order valence-electron chi connectivity index (χ3n) is 14.6. The molecule has 8 rings (SSSR count). The van der Waals surface area contributed by atoms with Gasteiger partial charge in [0.25, 0.3) is 10.1 Å². The van der Waals surface area contributed by atoms with Crippen molar-refractivity contribution >= 4 is 78.6 Å². The van der Waals surface area contributed by atoms with Gasteiger partial charge < -0.3 is 24.2 Å². The summed E-state index contributed by atoms with van der Waals surface area (Å²) in [6.45, 7) is 10.5. The van der Waals surface area contributed by atoms with Crippen molar-refractivity contribution in [2.75, 3.05) is 13.2 Å². The normalized spacial score (nSPS) is 11.6. The molecule has 0 amide bonds. The number of rotatable bonds is 32. The standard InChI is InChI=1S/C37H50N2O.C20H25NO.C17H13NO8S2.Na/c1-3-5-7-9-11-12-14-16-32-21-23-35(24-22-32)38-30-33-17-19-34(20-18-33)31-39-36-25-27-37(28-26-36)40-29-15-13-10-8-6-4-2;1-3-5-15-22-20-13-9-18(10-14-20)16-21-19-11-7-17(6-4-2)8-12-19;19-15-4-2-1-3-10(15)9-18-14-7-12(27(21,22)23)5-11-6-13(28(24,25)26)8-16(20)17(11)14;/h17-28,30-31H,3-16,29H2,1-2H3;7-14,16H,3-6,15H2,1-2H3;1-9,19-20H,(H,21,22,23)(H,24,25,26);/q;;;+1/p-1. The Balaban J connectivity index is 0.000000259. The fourth-order valence-corrected chi connectivity index (χ4v) is 10.5. The second-order valence-electron chi connectivity index (χ2n) is 22.0. The Labute approximate surface area is 562 Å². The molecule has 91 heavy (non-hydrogen) atoms. The number of phenols is 2. The topological polar surface area (TPSA) is 220 Å². The van der Waals surface area contributed by atoms with Gasteiger partial charge in [0.05, 0.1) is 45.8 Å². The van der Waals surface area contributed by atoms with Gasteiger partial charge in [-0.25, -0.2) is 8.42 Å². The van der Waals surface area contributed by atoms with Crippen LogP contribution in [0.25, 0.3) is 10.8 Å². The van der Waals surface area contributed by atoms with E-state index in [9.17, 15) is 36.2 Å². The zero-order valence-corrected chi connectivity index (χ0v) is 57.1. The number of benzene rings is 8. The second-order valence-corrected chi connectivity index (χ2v) is 24.8. The second kappa shape index (κ2) is 40.5. The van der Waals surface area contributed by atoms with Crippen molar-refractivity contribution in [3.63, 3.8) is 0 Å². The van der Waals surface area contributed by atoms with Crippen molar-refractivity contribution in [2.45, 2.75) is 153 Å². The molecule has 0 atom stereocenters. The van der Waals surface area contributed by atoms with E-state index in [0.717, 1.165) is 115 Å². The maximum atomic E-state index is 11.5. The minimum Gasteiger partial charge on any atom is -0.744 e. The van der Waals surface area contributed by atoms with Crippen molar-refractivity contribution in [2.24, 2.45) is 20.0 Å². The number of hydrogen-bond acceptors (Lipinski definition) is 13. The molecule has 14 nitrogen and oxygen atoms in total. The SMILES string of the molecule is CCCCCCCCCc1ccc(N=Cc2ccc(C=Nc3ccc(OCCCCCCCC)cc3)cc2)cc1.CCCCOc1ccc(C=Nc2ccc(CCC)cc2)cc1.O=S(=O)([O-])c1cc(O)c2c(N=Cc3ccccc3O)cc(S(=O)(=O)O)cc2c1.[Na+]. The van der Waals surface area contributed by atoms with Crippen molar-refractivity contribution in [1.29, 1.82) is 0 Å². The van der Waals surface area contributed by atoms with E-state index in [-0.39, 0.29) is 57.3 Å². The third-order valence-corrected chi connectivity index (χ3v) is 16.2. The predicted octanol–water partition coefficient (Wildman–Crippen LogP) is 15.9. The Morgan fingerprint density at radius 2 is 0.857 bits per heavy atom. The van der Waals surface area contributed by atoms with Crippen molar-refractivity contribution in [1.82, 2.24) is 0 Å². The average molecular weight is 1280 g/mol. The summed E-state index contributed by atoms with van der Waals surface area (Å²) in [7, 11) is -9.63. The van der Waals surface area contributed by atoms with Crippen molar-refractivity contribution < 1.29 is 75.2 Å². The summed E-state index contributed by atoms with van der Waals surface area (Å²) in [6.07, 6.45) is 29.8. The van der Waals surface area contributed by atoms with E-state index in [4.69, 9.17) is 9.47 Å². The molecule has 8 aromatic rings. The summed E-state index contributed by atoms with van der Waals surface area (Å²) >= 11 is 0. The summed E-state index contributed by atoms with van der Waals surface area (Å²) in [5, 5.41) is 19.8. The molecular weight excluding hydrogens is 1190 g/mol. The van der Waals surface area contributed by atoms with Gasteiger partial charge in [-0.1, -0.05) is 172 Å². The number of aryl methyl sites for hydroxylation is 2. The molecule has 0 aromatic heterocycles. The van der Waals surface area contributed by atoms with Gasteiger partial charge in [0.2, 0.25) is 0 Å². The van der Waals surface area contributed by atoms with Gasteiger partial charge in [-0.15, -0.1) is 0 Å². The van der Waals surface area contributed by atoms with Crippen LogP contribution >= 0.6 is 0 Å². The molecule has 8 aromatic carbocycles. The Bertz CT molecular complexity index is 3690. The van der Waals surface area contributed by atoms with Gasteiger partial charge >= 0.3 is 29.6 Å². The molecule has 0 saturated heterocycles. The first-order chi connectivity index (χ1) is 43.5. The van der Waals surface area contributed by atoms with Crippen LogP contribution in [0.2, 0.25) is 0 Å². The predicted molar refractivity (Wildman–Crippen MR) is 368 cm³/mol. The van der Waals surface area contributed by atoms with Gasteiger partial charge in [0.1, 0.15) is 33.1 Å². The van der Waals surface area contributed by atoms with E-state index in [0.29, 0.717) is 0 Å². The summed E-state index contributed by atoms with van der Waals surface area (Å²) in [5.41, 5.74) is 9.06. The molecular formula is C74H87N4NaO10S2. The first-order valence-electron chi connectivity index (χ1n) is 31.5. The first kappa shape index (κ1) is 74.4. The van der Waals surface area contributed by atoms with Crippen LogP contribution in [0.5, 0.6) is 23.0 Å². The largest absolute Gasteiger partial charge is 1.00 e. The molecule has 0 heterocycles. The van der Waals surface area contributed by atoms with Crippen molar-refractivity contribution in [3.05, 3.63) is 203 Å². The first-order valence-corrected chi connectivity index (χ1v) is 34.3. The van der Waals surface area contributed by atoms with Crippen LogP contribution in [0.3, 0.4) is 0 Å².